The van der Waals surface area contributed by atoms with Gasteiger partial charge in [-0.2, -0.15) is 13.2 Å². The Morgan fingerprint density at radius 1 is 0.906 bits per heavy atom. The summed E-state index contributed by atoms with van der Waals surface area (Å²) in [5, 5.41) is 2.25. The van der Waals surface area contributed by atoms with Crippen molar-refractivity contribution in [3.63, 3.8) is 0 Å². The zero-order valence-electron chi connectivity index (χ0n) is 29.0. The number of likely N-dealkylation sites (tertiary alicyclic amines) is 1. The number of halogens is 5. The first-order chi connectivity index (χ1) is 25.5. The quantitative estimate of drug-likeness (QED) is 0.0686. The predicted molar refractivity (Wildman–Crippen MR) is 194 cm³/mol. The van der Waals surface area contributed by atoms with E-state index in [1.807, 2.05) is 0 Å². The largest absolute Gasteiger partial charge is 0.416 e. The maximum Gasteiger partial charge on any atom is 0.416 e. The van der Waals surface area contributed by atoms with Crippen molar-refractivity contribution in [1.29, 1.82) is 0 Å². The number of hydroxylamine groups is 2. The molecule has 1 aliphatic rings. The molecule has 13 heteroatoms. The number of hydrogen-bond donors (Lipinski definition) is 0. The molecule has 5 aromatic rings. The van der Waals surface area contributed by atoms with E-state index in [4.69, 9.17) is 9.57 Å². The van der Waals surface area contributed by atoms with Gasteiger partial charge < -0.3 is 14.2 Å². The summed E-state index contributed by atoms with van der Waals surface area (Å²) in [7, 11) is 1.65. The number of amides is 1. The van der Waals surface area contributed by atoms with Crippen LogP contribution in [0.15, 0.2) is 107 Å². The third-order valence-corrected chi connectivity index (χ3v) is 10.4. The summed E-state index contributed by atoms with van der Waals surface area (Å²) in [6.07, 6.45) is -3.13. The molecule has 0 N–H and O–H groups in total. The van der Waals surface area contributed by atoms with Gasteiger partial charge in [0.1, 0.15) is 13.2 Å². The molecular weight excluding hydrogens is 714 g/mol. The molecule has 4 aromatic carbocycles. The summed E-state index contributed by atoms with van der Waals surface area (Å²) in [6, 6.07) is 24.2. The Morgan fingerprint density at radius 2 is 1.58 bits per heavy atom. The minimum atomic E-state index is -4.42. The van der Waals surface area contributed by atoms with Gasteiger partial charge in [-0.05, 0) is 59.9 Å². The molecule has 7 nitrogen and oxygen atoms in total. The molecule has 53 heavy (non-hydrogen) atoms. The van der Waals surface area contributed by atoms with Crippen molar-refractivity contribution in [2.24, 2.45) is 0 Å². The Morgan fingerprint density at radius 3 is 2.26 bits per heavy atom. The van der Waals surface area contributed by atoms with Crippen LogP contribution in [-0.4, -0.2) is 59.8 Å². The van der Waals surface area contributed by atoms with Gasteiger partial charge in [0.05, 0.1) is 28.8 Å². The van der Waals surface area contributed by atoms with Crippen molar-refractivity contribution < 1.29 is 36.3 Å². The second kappa shape index (κ2) is 17.1. The lowest BCUT2D eigenvalue weighted by molar-refractivity contribution is -0.211. The minimum absolute atomic E-state index is 0.0260. The highest BCUT2D eigenvalue weighted by Gasteiger charge is 2.31. The Labute approximate surface area is 307 Å². The minimum Gasteiger partial charge on any atom is -0.383 e. The monoisotopic (exact) mass is 751 g/mol. The summed E-state index contributed by atoms with van der Waals surface area (Å²) >= 11 is 1.13. The first-order valence-electron chi connectivity index (χ1n) is 17.1. The lowest BCUT2D eigenvalue weighted by Gasteiger charge is -2.37. The van der Waals surface area contributed by atoms with Crippen LogP contribution in [0.5, 0.6) is 0 Å². The van der Waals surface area contributed by atoms with Crippen molar-refractivity contribution >= 4 is 28.6 Å². The van der Waals surface area contributed by atoms with Crippen LogP contribution in [0.1, 0.15) is 29.5 Å². The van der Waals surface area contributed by atoms with Crippen LogP contribution in [0.3, 0.4) is 0 Å². The summed E-state index contributed by atoms with van der Waals surface area (Å²) in [5.74, 6) is -2.26. The Kier molecular flexibility index (Phi) is 12.3. The number of aromatic nitrogens is 1. The number of thioether (sulfide) groups is 1. The van der Waals surface area contributed by atoms with Crippen molar-refractivity contribution in [2.45, 2.75) is 49.0 Å². The molecule has 0 unspecified atom stereocenters. The standard InChI is InChI=1S/C40H38F5N3O4S/c1-51-22-21-46-19-17-32(18-20-46)48(52-25-27-9-11-28(12-10-27)29-13-15-31(16-14-29)40(43,44)45)37(50)24-47-35-8-3-2-6-33(35)36(49)23-38(47)53-26-30-5-4-7-34(41)39(30)42/h2-16,23,32H,17-22,24-26H2,1H3. The Balaban J connectivity index is 1.24. The highest BCUT2D eigenvalue weighted by atomic mass is 32.2. The molecule has 0 saturated carbocycles. The number of carbonyl (C=O) groups is 1. The highest BCUT2D eigenvalue weighted by Crippen LogP contribution is 2.32. The fraction of sp³-hybridized carbons (Fsp3) is 0.300. The molecule has 1 fully saturated rings. The number of carbonyl (C=O) groups excluding carboxylic acids is 1. The molecular formula is C40H38F5N3O4S. The summed E-state index contributed by atoms with van der Waals surface area (Å²) in [4.78, 5) is 36.0. The zero-order chi connectivity index (χ0) is 37.5. The van der Waals surface area contributed by atoms with E-state index < -0.39 is 23.4 Å². The number of para-hydroxylation sites is 1. The predicted octanol–water partition coefficient (Wildman–Crippen LogP) is 8.33. The van der Waals surface area contributed by atoms with E-state index in [9.17, 15) is 31.5 Å². The van der Waals surface area contributed by atoms with Crippen LogP contribution in [0.25, 0.3) is 22.0 Å². The van der Waals surface area contributed by atoms with E-state index in [1.54, 1.807) is 60.2 Å². The number of benzene rings is 4. The molecule has 0 spiro atoms. The number of methoxy groups -OCH3 is 1. The van der Waals surface area contributed by atoms with Crippen molar-refractivity contribution in [3.05, 3.63) is 136 Å². The van der Waals surface area contributed by atoms with Crippen LogP contribution in [0.4, 0.5) is 22.0 Å². The van der Waals surface area contributed by atoms with Gasteiger partial charge >= 0.3 is 6.18 Å². The Hall–Kier alpha value is -4.56. The molecule has 278 valence electrons. The van der Waals surface area contributed by atoms with E-state index in [0.717, 1.165) is 60.7 Å². The number of rotatable bonds is 13. The topological polar surface area (TPSA) is 64.0 Å². The van der Waals surface area contributed by atoms with Crippen LogP contribution in [0.2, 0.25) is 0 Å². The summed E-state index contributed by atoms with van der Waals surface area (Å²) in [5.41, 5.74) is 1.77. The average Bonchev–Trinajstić information content (AvgIpc) is 3.16. The number of ether oxygens (including phenoxy) is 1. The third kappa shape index (κ3) is 9.33. The van der Waals surface area contributed by atoms with Gasteiger partial charge in [0, 0.05) is 49.5 Å². The van der Waals surface area contributed by atoms with Gasteiger partial charge in [-0.3, -0.25) is 14.4 Å². The van der Waals surface area contributed by atoms with Crippen molar-refractivity contribution in [1.82, 2.24) is 14.5 Å². The zero-order valence-corrected chi connectivity index (χ0v) is 29.8. The molecule has 1 amide bonds. The van der Waals surface area contributed by atoms with Gasteiger partial charge in [0.15, 0.2) is 17.1 Å². The van der Waals surface area contributed by atoms with E-state index >= 15 is 0 Å². The number of pyridine rings is 1. The smallest absolute Gasteiger partial charge is 0.383 e. The molecule has 2 heterocycles. The molecule has 0 bridgehead atoms. The first-order valence-corrected chi connectivity index (χ1v) is 18.1. The SMILES string of the molecule is COCCN1CCC(N(OCc2ccc(-c3ccc(C(F)(F)F)cc3)cc2)C(=O)Cn2c(SCc3cccc(F)c3F)cc(=O)c3ccccc32)CC1. The molecule has 1 aliphatic heterocycles. The normalized spacial score (nSPS) is 14.2. The number of hydrogen-bond acceptors (Lipinski definition) is 6. The van der Waals surface area contributed by atoms with Crippen LogP contribution >= 0.6 is 11.8 Å². The third-order valence-electron chi connectivity index (χ3n) is 9.30. The first kappa shape index (κ1) is 38.2. The van der Waals surface area contributed by atoms with Crippen molar-refractivity contribution in [3.8, 4) is 11.1 Å². The van der Waals surface area contributed by atoms with Crippen LogP contribution < -0.4 is 5.43 Å². The van der Waals surface area contributed by atoms with E-state index in [0.29, 0.717) is 40.9 Å². The fourth-order valence-corrected chi connectivity index (χ4v) is 7.41. The fourth-order valence-electron chi connectivity index (χ4n) is 6.37. The van der Waals surface area contributed by atoms with E-state index in [2.05, 4.69) is 4.90 Å². The maximum atomic E-state index is 14.6. The molecule has 0 aliphatic carbocycles. The Bertz CT molecular complexity index is 2080. The molecule has 1 saturated heterocycles. The number of nitrogens with zero attached hydrogens (tertiary/aromatic N) is 3. The van der Waals surface area contributed by atoms with Crippen LogP contribution in [0, 0.1) is 11.6 Å². The van der Waals surface area contributed by atoms with Crippen LogP contribution in [-0.2, 0) is 39.4 Å². The molecule has 0 radical (unpaired) electrons. The van der Waals surface area contributed by atoms with Gasteiger partial charge in [0.2, 0.25) is 0 Å². The van der Waals surface area contributed by atoms with E-state index in [-0.39, 0.29) is 41.8 Å². The van der Waals surface area contributed by atoms with Gasteiger partial charge in [-0.15, -0.1) is 11.8 Å². The molecule has 0 atom stereocenters. The number of alkyl halides is 3. The highest BCUT2D eigenvalue weighted by molar-refractivity contribution is 7.98. The number of fused-ring (bicyclic) bond motifs is 1. The lowest BCUT2D eigenvalue weighted by atomic mass is 10.0. The molecule has 1 aromatic heterocycles. The molecule has 6 rings (SSSR count). The second-order valence-corrected chi connectivity index (χ2v) is 13.8. The van der Waals surface area contributed by atoms with E-state index in [1.165, 1.54) is 35.4 Å². The van der Waals surface area contributed by atoms with Gasteiger partial charge in [-0.1, -0.05) is 60.7 Å². The number of piperidine rings is 1. The van der Waals surface area contributed by atoms with Crippen molar-refractivity contribution in [2.75, 3.05) is 33.4 Å². The van der Waals surface area contributed by atoms with Gasteiger partial charge in [0.25, 0.3) is 5.91 Å². The maximum absolute atomic E-state index is 14.6. The second-order valence-electron chi connectivity index (χ2n) is 12.8. The van der Waals surface area contributed by atoms with Gasteiger partial charge in [-0.25, -0.2) is 13.8 Å². The summed E-state index contributed by atoms with van der Waals surface area (Å²) < 4.78 is 74.6. The average molecular weight is 752 g/mol. The summed E-state index contributed by atoms with van der Waals surface area (Å²) in [6.45, 7) is 2.67. The lowest BCUT2D eigenvalue weighted by Crippen LogP contribution is -2.48.